The molecule has 0 saturated heterocycles. The van der Waals surface area contributed by atoms with E-state index in [0.717, 1.165) is 27.1 Å². The summed E-state index contributed by atoms with van der Waals surface area (Å²) in [5.41, 5.74) is 3.29. The van der Waals surface area contributed by atoms with E-state index in [1.807, 2.05) is 30.5 Å². The number of hydrogen-bond donors (Lipinski definition) is 1. The Bertz CT molecular complexity index is 643. The molecule has 0 unspecified atom stereocenters. The first-order valence-electron chi connectivity index (χ1n) is 5.02. The molecule has 0 radical (unpaired) electrons. The predicted molar refractivity (Wildman–Crippen MR) is 66.5 cm³/mol. The van der Waals surface area contributed by atoms with Crippen LogP contribution in [0.2, 0.25) is 5.02 Å². The lowest BCUT2D eigenvalue weighted by molar-refractivity contribution is 1.12. The Morgan fingerprint density at radius 3 is 2.75 bits per heavy atom. The quantitative estimate of drug-likeness (QED) is 0.673. The van der Waals surface area contributed by atoms with Gasteiger partial charge >= 0.3 is 0 Å². The number of rotatable bonds is 1. The van der Waals surface area contributed by atoms with Gasteiger partial charge in [-0.2, -0.15) is 5.10 Å². The Morgan fingerprint density at radius 1 is 1.00 bits per heavy atom. The molecule has 78 valence electrons. The smallest absolute Gasteiger partial charge is 0.0656 e. The molecule has 0 aliphatic carbocycles. The van der Waals surface area contributed by atoms with Gasteiger partial charge in [-0.05, 0) is 29.3 Å². The third-order valence-electron chi connectivity index (χ3n) is 2.60. The molecule has 0 aliphatic heterocycles. The third kappa shape index (κ3) is 1.57. The normalized spacial score (nSPS) is 10.8. The van der Waals surface area contributed by atoms with Gasteiger partial charge in [-0.25, -0.2) is 0 Å². The van der Waals surface area contributed by atoms with Crippen molar-refractivity contribution in [2.24, 2.45) is 0 Å². The summed E-state index contributed by atoms with van der Waals surface area (Å²) in [6.07, 6.45) is 1.82. The fraction of sp³-hybridized carbons (Fsp3) is 0. The first-order valence-corrected chi connectivity index (χ1v) is 5.40. The van der Waals surface area contributed by atoms with E-state index in [1.54, 1.807) is 0 Å². The highest BCUT2D eigenvalue weighted by molar-refractivity contribution is 6.30. The van der Waals surface area contributed by atoms with Crippen LogP contribution in [0.5, 0.6) is 0 Å². The number of benzene rings is 2. The summed E-state index contributed by atoms with van der Waals surface area (Å²) in [5, 5.41) is 8.83. The summed E-state index contributed by atoms with van der Waals surface area (Å²) in [7, 11) is 0. The van der Waals surface area contributed by atoms with E-state index in [4.69, 9.17) is 11.6 Å². The minimum absolute atomic E-state index is 0.752. The van der Waals surface area contributed by atoms with Gasteiger partial charge in [-0.3, -0.25) is 5.10 Å². The Labute approximate surface area is 97.9 Å². The van der Waals surface area contributed by atoms with Crippen molar-refractivity contribution >= 4 is 22.5 Å². The number of nitrogens with zero attached hydrogens (tertiary/aromatic N) is 1. The molecule has 0 spiro atoms. The highest BCUT2D eigenvalue weighted by Gasteiger charge is 2.01. The van der Waals surface area contributed by atoms with E-state index in [1.165, 1.54) is 0 Å². The molecule has 0 aliphatic rings. The summed E-state index contributed by atoms with van der Waals surface area (Å²) in [6, 6.07) is 14.0. The van der Waals surface area contributed by atoms with Crippen molar-refractivity contribution in [2.45, 2.75) is 0 Å². The minimum atomic E-state index is 0.752. The van der Waals surface area contributed by atoms with Crippen molar-refractivity contribution in [3.63, 3.8) is 0 Å². The number of fused-ring (bicyclic) bond motifs is 1. The summed E-state index contributed by atoms with van der Waals surface area (Å²) in [5.74, 6) is 0. The Morgan fingerprint density at radius 2 is 1.88 bits per heavy atom. The third-order valence-corrected chi connectivity index (χ3v) is 2.83. The molecule has 1 aromatic heterocycles. The maximum atomic E-state index is 5.97. The predicted octanol–water partition coefficient (Wildman–Crippen LogP) is 3.88. The molecular weight excluding hydrogens is 220 g/mol. The maximum Gasteiger partial charge on any atom is 0.0656 e. The summed E-state index contributed by atoms with van der Waals surface area (Å²) in [6.45, 7) is 0. The molecule has 0 atom stereocenters. The van der Waals surface area contributed by atoms with Crippen LogP contribution < -0.4 is 0 Å². The Balaban J connectivity index is 2.18. The van der Waals surface area contributed by atoms with E-state index in [9.17, 15) is 0 Å². The molecule has 1 N–H and O–H groups in total. The van der Waals surface area contributed by atoms with Crippen LogP contribution in [-0.2, 0) is 0 Å². The summed E-state index contributed by atoms with van der Waals surface area (Å²) < 4.78 is 0. The van der Waals surface area contributed by atoms with Gasteiger partial charge in [0.15, 0.2) is 0 Å². The van der Waals surface area contributed by atoms with Crippen molar-refractivity contribution in [3.8, 4) is 11.1 Å². The van der Waals surface area contributed by atoms with Gasteiger partial charge in [0.1, 0.15) is 0 Å². The van der Waals surface area contributed by atoms with E-state index in [0.29, 0.717) is 0 Å². The number of nitrogens with one attached hydrogen (secondary N) is 1. The molecule has 2 aromatic carbocycles. The fourth-order valence-corrected chi connectivity index (χ4v) is 1.97. The monoisotopic (exact) mass is 228 g/mol. The van der Waals surface area contributed by atoms with Gasteiger partial charge < -0.3 is 0 Å². The highest BCUT2D eigenvalue weighted by Crippen LogP contribution is 2.25. The topological polar surface area (TPSA) is 28.7 Å². The van der Waals surface area contributed by atoms with Crippen LogP contribution in [0.4, 0.5) is 0 Å². The van der Waals surface area contributed by atoms with Gasteiger partial charge in [0.25, 0.3) is 0 Å². The second-order valence-corrected chi connectivity index (χ2v) is 4.12. The van der Waals surface area contributed by atoms with E-state index in [2.05, 4.69) is 28.4 Å². The van der Waals surface area contributed by atoms with Gasteiger partial charge in [0, 0.05) is 10.4 Å². The lowest BCUT2D eigenvalue weighted by Crippen LogP contribution is -1.78. The van der Waals surface area contributed by atoms with Crippen LogP contribution in [0.3, 0.4) is 0 Å². The standard InChI is InChI=1S/C13H9ClN2/c14-12-3-1-2-9(6-12)10-4-5-11-8-15-16-13(11)7-10/h1-8H,(H,15,16). The van der Waals surface area contributed by atoms with E-state index in [-0.39, 0.29) is 0 Å². The van der Waals surface area contributed by atoms with Crippen molar-refractivity contribution in [2.75, 3.05) is 0 Å². The lowest BCUT2D eigenvalue weighted by atomic mass is 10.0. The second-order valence-electron chi connectivity index (χ2n) is 3.68. The van der Waals surface area contributed by atoms with Crippen molar-refractivity contribution in [3.05, 3.63) is 53.7 Å². The van der Waals surface area contributed by atoms with Crippen LogP contribution >= 0.6 is 11.6 Å². The highest BCUT2D eigenvalue weighted by atomic mass is 35.5. The van der Waals surface area contributed by atoms with Crippen LogP contribution in [0.15, 0.2) is 48.7 Å². The van der Waals surface area contributed by atoms with Crippen molar-refractivity contribution in [1.82, 2.24) is 10.2 Å². The van der Waals surface area contributed by atoms with E-state index < -0.39 is 0 Å². The van der Waals surface area contributed by atoms with Crippen molar-refractivity contribution < 1.29 is 0 Å². The molecule has 16 heavy (non-hydrogen) atoms. The lowest BCUT2D eigenvalue weighted by Gasteiger charge is -2.02. The minimum Gasteiger partial charge on any atom is -0.278 e. The van der Waals surface area contributed by atoms with E-state index >= 15 is 0 Å². The molecule has 0 saturated carbocycles. The molecule has 3 aromatic rings. The Hall–Kier alpha value is -1.80. The van der Waals surface area contributed by atoms with Gasteiger partial charge in [-0.1, -0.05) is 35.9 Å². The maximum absolute atomic E-state index is 5.97. The van der Waals surface area contributed by atoms with Crippen molar-refractivity contribution in [1.29, 1.82) is 0 Å². The van der Waals surface area contributed by atoms with Crippen LogP contribution in [0.1, 0.15) is 0 Å². The summed E-state index contributed by atoms with van der Waals surface area (Å²) in [4.78, 5) is 0. The SMILES string of the molecule is Clc1cccc(-c2ccc3cn[nH]c3c2)c1. The molecule has 2 nitrogen and oxygen atoms in total. The Kier molecular flexibility index (Phi) is 2.15. The second kappa shape index (κ2) is 3.65. The largest absolute Gasteiger partial charge is 0.278 e. The molecular formula is C13H9ClN2. The zero-order valence-electron chi connectivity index (χ0n) is 8.44. The van der Waals surface area contributed by atoms with Gasteiger partial charge in [0.2, 0.25) is 0 Å². The average Bonchev–Trinajstić information content (AvgIpc) is 2.75. The van der Waals surface area contributed by atoms with Gasteiger partial charge in [-0.15, -0.1) is 0 Å². The zero-order valence-corrected chi connectivity index (χ0v) is 9.20. The number of H-pyrrole nitrogens is 1. The first kappa shape index (κ1) is 9.43. The van der Waals surface area contributed by atoms with Crippen LogP contribution in [0, 0.1) is 0 Å². The number of aromatic amines is 1. The number of aromatic nitrogens is 2. The molecule has 3 rings (SSSR count). The first-order chi connectivity index (χ1) is 7.83. The van der Waals surface area contributed by atoms with Crippen LogP contribution in [0.25, 0.3) is 22.0 Å². The molecule has 1 heterocycles. The zero-order chi connectivity index (χ0) is 11.0. The number of halogens is 1. The molecule has 3 heteroatoms. The average molecular weight is 229 g/mol. The van der Waals surface area contributed by atoms with Crippen LogP contribution in [-0.4, -0.2) is 10.2 Å². The van der Waals surface area contributed by atoms with Gasteiger partial charge in [0.05, 0.1) is 11.7 Å². The number of hydrogen-bond acceptors (Lipinski definition) is 1. The summed E-state index contributed by atoms with van der Waals surface area (Å²) >= 11 is 5.97. The molecule has 0 amide bonds. The fourth-order valence-electron chi connectivity index (χ4n) is 1.78. The molecule has 0 bridgehead atoms. The molecule has 0 fully saturated rings.